The zero-order valence-corrected chi connectivity index (χ0v) is 15.3. The van der Waals surface area contributed by atoms with Crippen LogP contribution in [0.2, 0.25) is 0 Å². The van der Waals surface area contributed by atoms with Gasteiger partial charge in [0.25, 0.3) is 0 Å². The standard InChI is InChI=1S/C20H17N3O3S/c1-25-17-10-9-13(12-22-23-20(21)27)11-18(17)26-19(24)16-8-4-6-14-5-2-3-7-15(14)16/h2-12H,1H3,(H3,21,23,27)/b22-12-. The number of ether oxygens (including phenoxy) is 2. The minimum atomic E-state index is -0.472. The largest absolute Gasteiger partial charge is 0.493 e. The second kappa shape index (κ2) is 8.29. The van der Waals surface area contributed by atoms with Crippen LogP contribution in [0.5, 0.6) is 11.5 Å². The fourth-order valence-electron chi connectivity index (χ4n) is 2.58. The number of hydrogen-bond donors (Lipinski definition) is 2. The highest BCUT2D eigenvalue weighted by Gasteiger charge is 2.15. The van der Waals surface area contributed by atoms with Crippen LogP contribution in [0.4, 0.5) is 0 Å². The highest BCUT2D eigenvalue weighted by atomic mass is 32.1. The maximum atomic E-state index is 12.8. The van der Waals surface area contributed by atoms with Crippen LogP contribution in [0.1, 0.15) is 15.9 Å². The molecule has 3 aromatic rings. The Hall–Kier alpha value is -3.45. The van der Waals surface area contributed by atoms with E-state index in [9.17, 15) is 4.79 Å². The first-order valence-corrected chi connectivity index (χ1v) is 8.46. The lowest BCUT2D eigenvalue weighted by Crippen LogP contribution is -2.23. The van der Waals surface area contributed by atoms with Gasteiger partial charge in [-0.25, -0.2) is 4.79 Å². The van der Waals surface area contributed by atoms with Crippen molar-refractivity contribution in [3.63, 3.8) is 0 Å². The van der Waals surface area contributed by atoms with Crippen LogP contribution in [0.3, 0.4) is 0 Å². The van der Waals surface area contributed by atoms with Gasteiger partial charge in [0.15, 0.2) is 16.6 Å². The van der Waals surface area contributed by atoms with Crippen molar-refractivity contribution in [3.05, 3.63) is 71.8 Å². The number of benzene rings is 3. The molecule has 7 heteroatoms. The number of esters is 1. The number of nitrogens with two attached hydrogens (primary N) is 1. The molecule has 0 atom stereocenters. The Balaban J connectivity index is 1.90. The monoisotopic (exact) mass is 379 g/mol. The average molecular weight is 379 g/mol. The van der Waals surface area contributed by atoms with Crippen molar-refractivity contribution in [2.24, 2.45) is 10.8 Å². The Morgan fingerprint density at radius 2 is 1.89 bits per heavy atom. The number of nitrogens with one attached hydrogen (secondary N) is 1. The molecule has 0 bridgehead atoms. The van der Waals surface area contributed by atoms with Gasteiger partial charge in [0.2, 0.25) is 0 Å². The number of thiocarbonyl (C=S) groups is 1. The van der Waals surface area contributed by atoms with E-state index in [2.05, 4.69) is 22.7 Å². The molecule has 0 unspecified atom stereocenters. The maximum Gasteiger partial charge on any atom is 0.344 e. The molecule has 27 heavy (non-hydrogen) atoms. The van der Waals surface area contributed by atoms with Crippen molar-refractivity contribution < 1.29 is 14.3 Å². The maximum absolute atomic E-state index is 12.8. The molecule has 6 nitrogen and oxygen atoms in total. The van der Waals surface area contributed by atoms with Crippen LogP contribution in [-0.2, 0) is 0 Å². The molecule has 0 saturated heterocycles. The van der Waals surface area contributed by atoms with Crippen molar-refractivity contribution >= 4 is 40.3 Å². The SMILES string of the molecule is COc1ccc(/C=N\NC(N)=S)cc1OC(=O)c1cccc2ccccc12. The fourth-order valence-corrected chi connectivity index (χ4v) is 2.63. The van der Waals surface area contributed by atoms with Gasteiger partial charge in [-0.1, -0.05) is 36.4 Å². The summed E-state index contributed by atoms with van der Waals surface area (Å²) in [4.78, 5) is 12.8. The van der Waals surface area contributed by atoms with E-state index in [4.69, 9.17) is 15.2 Å². The molecule has 0 radical (unpaired) electrons. The number of carbonyl (C=O) groups is 1. The molecule has 0 heterocycles. The molecule has 0 amide bonds. The second-order valence-corrected chi connectivity index (χ2v) is 6.00. The quantitative estimate of drug-likeness (QED) is 0.233. The molecule has 136 valence electrons. The lowest BCUT2D eigenvalue weighted by atomic mass is 10.0. The second-order valence-electron chi connectivity index (χ2n) is 5.56. The number of fused-ring (bicyclic) bond motifs is 1. The molecular formula is C20H17N3O3S. The highest BCUT2D eigenvalue weighted by Crippen LogP contribution is 2.29. The predicted molar refractivity (Wildman–Crippen MR) is 109 cm³/mol. The summed E-state index contributed by atoms with van der Waals surface area (Å²) in [5, 5.41) is 5.73. The van der Waals surface area contributed by atoms with E-state index in [1.165, 1.54) is 13.3 Å². The molecule has 0 aliphatic heterocycles. The first-order valence-electron chi connectivity index (χ1n) is 8.05. The molecule has 3 rings (SSSR count). The third-order valence-electron chi connectivity index (χ3n) is 3.79. The number of hydrazone groups is 1. The Bertz CT molecular complexity index is 1030. The van der Waals surface area contributed by atoms with Gasteiger partial charge >= 0.3 is 5.97 Å². The molecule has 0 aliphatic carbocycles. The Morgan fingerprint density at radius 1 is 1.11 bits per heavy atom. The van der Waals surface area contributed by atoms with E-state index in [0.717, 1.165) is 10.8 Å². The summed E-state index contributed by atoms with van der Waals surface area (Å²) in [5.41, 5.74) is 8.95. The zero-order valence-electron chi connectivity index (χ0n) is 14.5. The van der Waals surface area contributed by atoms with E-state index in [1.54, 1.807) is 24.3 Å². The number of hydrogen-bond acceptors (Lipinski definition) is 5. The minimum Gasteiger partial charge on any atom is -0.493 e. The molecule has 3 aromatic carbocycles. The topological polar surface area (TPSA) is 85.9 Å². The molecule has 0 aliphatic rings. The highest BCUT2D eigenvalue weighted by molar-refractivity contribution is 7.80. The van der Waals surface area contributed by atoms with Crippen molar-refractivity contribution in [1.29, 1.82) is 0 Å². The molecule has 0 aromatic heterocycles. The Labute approximate surface area is 161 Å². The van der Waals surface area contributed by atoms with Gasteiger partial charge in [-0.15, -0.1) is 0 Å². The minimum absolute atomic E-state index is 0.0577. The number of carbonyl (C=O) groups excluding carboxylic acids is 1. The van der Waals surface area contributed by atoms with Gasteiger partial charge in [-0.05, 0) is 52.8 Å². The van der Waals surface area contributed by atoms with Crippen molar-refractivity contribution in [3.8, 4) is 11.5 Å². The molecule has 3 N–H and O–H groups in total. The number of methoxy groups -OCH3 is 1. The third kappa shape index (κ3) is 4.39. The lowest BCUT2D eigenvalue weighted by molar-refractivity contribution is 0.0732. The number of rotatable bonds is 5. The predicted octanol–water partition coefficient (Wildman–Crippen LogP) is 3.23. The van der Waals surface area contributed by atoms with Gasteiger partial charge < -0.3 is 15.2 Å². The normalized spacial score (nSPS) is 10.7. The fraction of sp³-hybridized carbons (Fsp3) is 0.0500. The van der Waals surface area contributed by atoms with Crippen LogP contribution in [0.15, 0.2) is 65.8 Å². The zero-order chi connectivity index (χ0) is 19.2. The van der Waals surface area contributed by atoms with Crippen molar-refractivity contribution in [2.75, 3.05) is 7.11 Å². The summed E-state index contributed by atoms with van der Waals surface area (Å²) in [5.74, 6) is 0.248. The van der Waals surface area contributed by atoms with E-state index in [-0.39, 0.29) is 10.9 Å². The summed E-state index contributed by atoms with van der Waals surface area (Å²) in [6.07, 6.45) is 1.51. The van der Waals surface area contributed by atoms with Gasteiger partial charge in [-0.2, -0.15) is 5.10 Å². The first-order chi connectivity index (χ1) is 13.1. The average Bonchev–Trinajstić information content (AvgIpc) is 2.67. The smallest absolute Gasteiger partial charge is 0.344 e. The van der Waals surface area contributed by atoms with Crippen LogP contribution < -0.4 is 20.6 Å². The summed E-state index contributed by atoms with van der Waals surface area (Å²) < 4.78 is 10.9. The Morgan fingerprint density at radius 3 is 2.67 bits per heavy atom. The molecule has 0 fully saturated rings. The Kier molecular flexibility index (Phi) is 5.63. The summed E-state index contributed by atoms with van der Waals surface area (Å²) in [7, 11) is 1.51. The van der Waals surface area contributed by atoms with E-state index >= 15 is 0 Å². The summed E-state index contributed by atoms with van der Waals surface area (Å²) in [6.45, 7) is 0. The lowest BCUT2D eigenvalue weighted by Gasteiger charge is -2.11. The van der Waals surface area contributed by atoms with Crippen LogP contribution in [0, 0.1) is 0 Å². The van der Waals surface area contributed by atoms with E-state index in [0.29, 0.717) is 16.9 Å². The van der Waals surface area contributed by atoms with E-state index < -0.39 is 5.97 Å². The van der Waals surface area contributed by atoms with Gasteiger partial charge in [-0.3, -0.25) is 5.43 Å². The summed E-state index contributed by atoms with van der Waals surface area (Å²) >= 11 is 4.69. The molecule has 0 saturated carbocycles. The van der Waals surface area contributed by atoms with Crippen LogP contribution >= 0.6 is 12.2 Å². The molecule has 0 spiro atoms. The van der Waals surface area contributed by atoms with Crippen LogP contribution in [0.25, 0.3) is 10.8 Å². The summed E-state index contributed by atoms with van der Waals surface area (Å²) in [6, 6.07) is 18.2. The number of nitrogens with zero attached hydrogens (tertiary/aromatic N) is 1. The molecular weight excluding hydrogens is 362 g/mol. The first kappa shape index (κ1) is 18.3. The van der Waals surface area contributed by atoms with Crippen molar-refractivity contribution in [2.45, 2.75) is 0 Å². The van der Waals surface area contributed by atoms with E-state index in [1.807, 2.05) is 36.4 Å². The van der Waals surface area contributed by atoms with Gasteiger partial charge in [0, 0.05) is 0 Å². The third-order valence-corrected chi connectivity index (χ3v) is 3.88. The van der Waals surface area contributed by atoms with Gasteiger partial charge in [0.05, 0.1) is 18.9 Å². The van der Waals surface area contributed by atoms with Crippen LogP contribution in [-0.4, -0.2) is 24.4 Å². The van der Waals surface area contributed by atoms with Gasteiger partial charge in [0.1, 0.15) is 0 Å². The van der Waals surface area contributed by atoms with Crippen molar-refractivity contribution in [1.82, 2.24) is 5.43 Å².